The van der Waals surface area contributed by atoms with E-state index < -0.39 is 10.0 Å². The van der Waals surface area contributed by atoms with Gasteiger partial charge in [-0.3, -0.25) is 4.79 Å². The number of hydrogen-bond acceptors (Lipinski definition) is 4. The molecular formula is C31H45N3O3S. The number of hydrogen-bond donors (Lipinski definition) is 2. The summed E-state index contributed by atoms with van der Waals surface area (Å²) in [7, 11) is -3.65. The van der Waals surface area contributed by atoms with Crippen LogP contribution in [0.1, 0.15) is 107 Å². The zero-order valence-corrected chi connectivity index (χ0v) is 24.5. The molecule has 1 amide bonds. The smallest absolute Gasteiger partial charge is 0.243 e. The molecule has 6 nitrogen and oxygen atoms in total. The van der Waals surface area contributed by atoms with Gasteiger partial charge < -0.3 is 10.6 Å². The molecule has 4 rings (SSSR count). The van der Waals surface area contributed by atoms with E-state index in [2.05, 4.69) is 63.5 Å². The number of nitrogens with one attached hydrogen (secondary N) is 2. The van der Waals surface area contributed by atoms with Gasteiger partial charge in [0.15, 0.2) is 0 Å². The Hall–Kier alpha value is -2.22. The number of benzene rings is 2. The van der Waals surface area contributed by atoms with E-state index in [0.29, 0.717) is 23.8 Å². The first-order chi connectivity index (χ1) is 17.9. The first-order valence-electron chi connectivity index (χ1n) is 14.2. The molecule has 0 saturated carbocycles. The Labute approximate surface area is 229 Å². The molecule has 0 spiro atoms. The van der Waals surface area contributed by atoms with Crippen LogP contribution in [0.15, 0.2) is 47.4 Å². The molecule has 2 aromatic carbocycles. The standard InChI is InChI=1S/C31H45N3O3S/c1-22(2)24-13-15-27(16-14-24)38(36,37)34-18-7-6-10-26(34)20-30(35)33-29-11-8-9-25-19-23(12-17-28(25)29)21-32-31(3,4)5/h12-17,19,22,26,29,32H,6-11,18,20-21H2,1-5H3,(H,33,35)/t26-,29+/m0/s1. The first-order valence-corrected chi connectivity index (χ1v) is 15.7. The minimum atomic E-state index is -3.65. The van der Waals surface area contributed by atoms with Crippen LogP contribution in [-0.4, -0.2) is 36.8 Å². The number of amides is 1. The van der Waals surface area contributed by atoms with Gasteiger partial charge in [0.1, 0.15) is 0 Å². The lowest BCUT2D eigenvalue weighted by molar-refractivity contribution is -0.123. The Morgan fingerprint density at radius 1 is 1.03 bits per heavy atom. The molecule has 0 aromatic heterocycles. The van der Waals surface area contributed by atoms with Gasteiger partial charge in [-0.1, -0.05) is 50.6 Å². The minimum absolute atomic E-state index is 0.0203. The fourth-order valence-corrected chi connectivity index (χ4v) is 7.31. The molecule has 1 saturated heterocycles. The number of nitrogens with zero attached hydrogens (tertiary/aromatic N) is 1. The van der Waals surface area contributed by atoms with Crippen LogP contribution in [0.5, 0.6) is 0 Å². The second-order valence-corrected chi connectivity index (χ2v) is 14.2. The normalized spacial score (nSPS) is 20.8. The average Bonchev–Trinajstić information content (AvgIpc) is 2.87. The van der Waals surface area contributed by atoms with Crippen molar-refractivity contribution in [1.82, 2.24) is 14.9 Å². The van der Waals surface area contributed by atoms with Gasteiger partial charge in [-0.25, -0.2) is 8.42 Å². The van der Waals surface area contributed by atoms with Gasteiger partial charge in [0.05, 0.1) is 10.9 Å². The third-order valence-corrected chi connectivity index (χ3v) is 9.79. The highest BCUT2D eigenvalue weighted by molar-refractivity contribution is 7.89. The zero-order chi connectivity index (χ0) is 27.5. The van der Waals surface area contributed by atoms with E-state index in [1.165, 1.54) is 16.7 Å². The number of carbonyl (C=O) groups excluding carboxylic acids is 1. The van der Waals surface area contributed by atoms with Crippen LogP contribution in [0.25, 0.3) is 0 Å². The van der Waals surface area contributed by atoms with Crippen molar-refractivity contribution in [1.29, 1.82) is 0 Å². The Balaban J connectivity index is 1.43. The Bertz CT molecular complexity index is 1220. The van der Waals surface area contributed by atoms with Gasteiger partial charge in [0.2, 0.25) is 15.9 Å². The van der Waals surface area contributed by atoms with Gasteiger partial charge in [-0.2, -0.15) is 4.31 Å². The van der Waals surface area contributed by atoms with Crippen molar-refractivity contribution in [3.8, 4) is 0 Å². The number of sulfonamides is 1. The van der Waals surface area contributed by atoms with Crippen LogP contribution >= 0.6 is 0 Å². The van der Waals surface area contributed by atoms with Gasteiger partial charge >= 0.3 is 0 Å². The van der Waals surface area contributed by atoms with Crippen LogP contribution in [-0.2, 0) is 27.8 Å². The van der Waals surface area contributed by atoms with E-state index in [1.54, 1.807) is 16.4 Å². The molecule has 0 radical (unpaired) electrons. The molecule has 0 bridgehead atoms. The predicted molar refractivity (Wildman–Crippen MR) is 154 cm³/mol. The maximum absolute atomic E-state index is 13.6. The van der Waals surface area contributed by atoms with Crippen molar-refractivity contribution in [2.24, 2.45) is 0 Å². The van der Waals surface area contributed by atoms with Crippen molar-refractivity contribution in [2.45, 2.75) is 115 Å². The van der Waals surface area contributed by atoms with Crippen molar-refractivity contribution in [2.75, 3.05) is 6.54 Å². The van der Waals surface area contributed by atoms with E-state index in [9.17, 15) is 13.2 Å². The van der Waals surface area contributed by atoms with E-state index in [0.717, 1.165) is 44.2 Å². The summed E-state index contributed by atoms with van der Waals surface area (Å²) in [6.07, 6.45) is 5.63. The van der Waals surface area contributed by atoms with E-state index >= 15 is 0 Å². The third kappa shape index (κ3) is 7.04. The fraction of sp³-hybridized carbons (Fsp3) is 0.581. The molecule has 208 valence electrons. The molecule has 2 atom stereocenters. The van der Waals surface area contributed by atoms with Crippen LogP contribution < -0.4 is 10.6 Å². The molecular weight excluding hydrogens is 494 g/mol. The van der Waals surface area contributed by atoms with Crippen molar-refractivity contribution in [3.63, 3.8) is 0 Å². The van der Waals surface area contributed by atoms with Crippen molar-refractivity contribution >= 4 is 15.9 Å². The Morgan fingerprint density at radius 2 is 1.76 bits per heavy atom. The Morgan fingerprint density at radius 3 is 2.45 bits per heavy atom. The summed E-state index contributed by atoms with van der Waals surface area (Å²) in [6, 6.07) is 13.5. The summed E-state index contributed by atoms with van der Waals surface area (Å²) in [5.41, 5.74) is 4.94. The second kappa shape index (κ2) is 11.9. The van der Waals surface area contributed by atoms with Crippen molar-refractivity contribution in [3.05, 3.63) is 64.7 Å². The summed E-state index contributed by atoms with van der Waals surface area (Å²) < 4.78 is 28.7. The first kappa shape index (κ1) is 28.8. The van der Waals surface area contributed by atoms with Gasteiger partial charge in [-0.15, -0.1) is 0 Å². The number of piperidine rings is 1. The van der Waals surface area contributed by atoms with Crippen LogP contribution in [0.4, 0.5) is 0 Å². The van der Waals surface area contributed by atoms with Crippen molar-refractivity contribution < 1.29 is 13.2 Å². The maximum atomic E-state index is 13.6. The highest BCUT2D eigenvalue weighted by atomic mass is 32.2. The van der Waals surface area contributed by atoms with E-state index in [-0.39, 0.29) is 30.0 Å². The summed E-state index contributed by atoms with van der Waals surface area (Å²) in [6.45, 7) is 12.0. The van der Waals surface area contributed by atoms with E-state index in [4.69, 9.17) is 0 Å². The predicted octanol–water partition coefficient (Wildman–Crippen LogP) is 5.83. The van der Waals surface area contributed by atoms with Gasteiger partial charge in [-0.05, 0) is 93.2 Å². The number of carbonyl (C=O) groups is 1. The lowest BCUT2D eigenvalue weighted by Gasteiger charge is -2.35. The summed E-state index contributed by atoms with van der Waals surface area (Å²) in [5, 5.41) is 6.80. The van der Waals surface area contributed by atoms with Crippen LogP contribution in [0.3, 0.4) is 0 Å². The molecule has 2 aliphatic rings. The number of rotatable bonds is 8. The zero-order valence-electron chi connectivity index (χ0n) is 23.7. The molecule has 38 heavy (non-hydrogen) atoms. The van der Waals surface area contributed by atoms with E-state index in [1.807, 2.05) is 12.1 Å². The molecule has 0 unspecified atom stereocenters. The average molecular weight is 540 g/mol. The quantitative estimate of drug-likeness (QED) is 0.443. The molecule has 7 heteroatoms. The highest BCUT2D eigenvalue weighted by Crippen LogP contribution is 2.32. The molecule has 1 fully saturated rings. The monoisotopic (exact) mass is 539 g/mol. The van der Waals surface area contributed by atoms with Gasteiger partial charge in [0.25, 0.3) is 0 Å². The highest BCUT2D eigenvalue weighted by Gasteiger charge is 2.35. The van der Waals surface area contributed by atoms with Gasteiger partial charge in [0, 0.05) is 31.1 Å². The fourth-order valence-electron chi connectivity index (χ4n) is 5.62. The number of aryl methyl sites for hydroxylation is 1. The molecule has 1 heterocycles. The molecule has 2 N–H and O–H groups in total. The SMILES string of the molecule is CC(C)c1ccc(S(=O)(=O)N2CCCC[C@H]2CC(=O)N[C@@H]2CCCc3cc(CNC(C)(C)C)ccc32)cc1. The summed E-state index contributed by atoms with van der Waals surface area (Å²) in [5.74, 6) is 0.276. The molecule has 1 aliphatic heterocycles. The lowest BCUT2D eigenvalue weighted by atomic mass is 9.86. The lowest BCUT2D eigenvalue weighted by Crippen LogP contribution is -2.46. The third-order valence-electron chi connectivity index (χ3n) is 7.83. The maximum Gasteiger partial charge on any atom is 0.243 e. The summed E-state index contributed by atoms with van der Waals surface area (Å²) in [4.78, 5) is 13.6. The topological polar surface area (TPSA) is 78.5 Å². The minimum Gasteiger partial charge on any atom is -0.349 e. The summed E-state index contributed by atoms with van der Waals surface area (Å²) >= 11 is 0. The van der Waals surface area contributed by atoms with Crippen LogP contribution in [0.2, 0.25) is 0 Å². The second-order valence-electron chi connectivity index (χ2n) is 12.3. The van der Waals surface area contributed by atoms with Crippen LogP contribution in [0, 0.1) is 0 Å². The largest absolute Gasteiger partial charge is 0.349 e. The molecule has 1 aliphatic carbocycles. The Kier molecular flexibility index (Phi) is 9.00. The molecule has 2 aromatic rings. The number of fused-ring (bicyclic) bond motifs is 1.